The highest BCUT2D eigenvalue weighted by atomic mass is 16.5. The lowest BCUT2D eigenvalue weighted by molar-refractivity contribution is 0.182. The average Bonchev–Trinajstić information content (AvgIpc) is 2.26. The maximum atomic E-state index is 6.14. The predicted molar refractivity (Wildman–Crippen MR) is 74.4 cm³/mol. The smallest absolute Gasteiger partial charge is 0.0462 e. The molecule has 4 nitrogen and oxygen atoms in total. The molecule has 0 rings (SSSR count). The Kier molecular flexibility index (Phi) is 10.9. The highest BCUT2D eigenvalue weighted by Crippen LogP contribution is 2.00. The zero-order valence-electron chi connectivity index (χ0n) is 12.1. The van der Waals surface area contributed by atoms with E-state index in [2.05, 4.69) is 30.8 Å². The van der Waals surface area contributed by atoms with Crippen LogP contribution in [0.2, 0.25) is 0 Å². The number of methoxy groups -OCH3 is 1. The lowest BCUT2D eigenvalue weighted by Crippen LogP contribution is -2.41. The van der Waals surface area contributed by atoms with Gasteiger partial charge in [-0.25, -0.2) is 0 Å². The first-order chi connectivity index (χ1) is 8.10. The van der Waals surface area contributed by atoms with Crippen molar-refractivity contribution in [1.82, 2.24) is 9.80 Å². The summed E-state index contributed by atoms with van der Waals surface area (Å²) >= 11 is 0. The van der Waals surface area contributed by atoms with Gasteiger partial charge in [-0.15, -0.1) is 0 Å². The van der Waals surface area contributed by atoms with Gasteiger partial charge in [-0.05, 0) is 39.9 Å². The van der Waals surface area contributed by atoms with Crippen molar-refractivity contribution >= 4 is 0 Å². The number of rotatable bonds is 11. The van der Waals surface area contributed by atoms with Crippen molar-refractivity contribution in [1.29, 1.82) is 0 Å². The normalized spacial score (nSPS) is 13.6. The number of nitrogens with two attached hydrogens (primary N) is 1. The quantitative estimate of drug-likeness (QED) is 0.552. The third-order valence-corrected chi connectivity index (χ3v) is 2.82. The van der Waals surface area contributed by atoms with Crippen LogP contribution in [0.5, 0.6) is 0 Å². The summed E-state index contributed by atoms with van der Waals surface area (Å²) in [6, 6.07) is 0.277. The largest absolute Gasteiger partial charge is 0.385 e. The molecule has 2 N–H and O–H groups in total. The first kappa shape index (κ1) is 16.8. The number of ether oxygens (including phenoxy) is 1. The number of nitrogens with zero attached hydrogens (tertiary/aromatic N) is 2. The lowest BCUT2D eigenvalue weighted by Gasteiger charge is -2.26. The van der Waals surface area contributed by atoms with Gasteiger partial charge in [0.25, 0.3) is 0 Å². The van der Waals surface area contributed by atoms with Crippen LogP contribution in [-0.4, -0.2) is 69.8 Å². The minimum Gasteiger partial charge on any atom is -0.385 e. The van der Waals surface area contributed by atoms with Gasteiger partial charge in [0.05, 0.1) is 0 Å². The third-order valence-electron chi connectivity index (χ3n) is 2.82. The van der Waals surface area contributed by atoms with Gasteiger partial charge in [0.2, 0.25) is 0 Å². The van der Waals surface area contributed by atoms with E-state index in [1.54, 1.807) is 7.11 Å². The summed E-state index contributed by atoms with van der Waals surface area (Å²) in [6.45, 7) is 7.40. The van der Waals surface area contributed by atoms with E-state index in [1.165, 1.54) is 6.42 Å². The van der Waals surface area contributed by atoms with Crippen LogP contribution in [0.25, 0.3) is 0 Å². The van der Waals surface area contributed by atoms with Crippen molar-refractivity contribution < 1.29 is 4.74 Å². The Morgan fingerprint density at radius 3 is 2.41 bits per heavy atom. The maximum Gasteiger partial charge on any atom is 0.0462 e. The van der Waals surface area contributed by atoms with Crippen LogP contribution in [0.1, 0.15) is 26.2 Å². The van der Waals surface area contributed by atoms with Gasteiger partial charge in [0.1, 0.15) is 0 Å². The van der Waals surface area contributed by atoms with Gasteiger partial charge >= 0.3 is 0 Å². The second-order valence-corrected chi connectivity index (χ2v) is 5.00. The van der Waals surface area contributed by atoms with Crippen LogP contribution in [0.15, 0.2) is 0 Å². The molecule has 0 bridgehead atoms. The molecule has 0 aromatic carbocycles. The van der Waals surface area contributed by atoms with E-state index in [4.69, 9.17) is 10.5 Å². The summed E-state index contributed by atoms with van der Waals surface area (Å²) in [4.78, 5) is 4.69. The van der Waals surface area contributed by atoms with E-state index in [0.717, 1.165) is 45.6 Å². The topological polar surface area (TPSA) is 41.7 Å². The summed E-state index contributed by atoms with van der Waals surface area (Å²) in [5.41, 5.74) is 6.14. The molecule has 0 aromatic rings. The van der Waals surface area contributed by atoms with Gasteiger partial charge in [-0.3, -0.25) is 0 Å². The van der Waals surface area contributed by atoms with Gasteiger partial charge in [0.15, 0.2) is 0 Å². The highest BCUT2D eigenvalue weighted by Gasteiger charge is 2.09. The molecular formula is C13H31N3O. The van der Waals surface area contributed by atoms with E-state index in [0.29, 0.717) is 0 Å². The summed E-state index contributed by atoms with van der Waals surface area (Å²) in [7, 11) is 5.97. The van der Waals surface area contributed by atoms with Gasteiger partial charge in [-0.2, -0.15) is 0 Å². The predicted octanol–water partition coefficient (Wildman–Crippen LogP) is 1.01. The molecule has 0 spiro atoms. The molecule has 0 aliphatic rings. The molecular weight excluding hydrogens is 214 g/mol. The fourth-order valence-corrected chi connectivity index (χ4v) is 1.86. The van der Waals surface area contributed by atoms with Crippen LogP contribution in [0, 0.1) is 0 Å². The monoisotopic (exact) mass is 245 g/mol. The lowest BCUT2D eigenvalue weighted by atomic mass is 10.1. The fraction of sp³-hybridized carbons (Fsp3) is 1.00. The van der Waals surface area contributed by atoms with Gasteiger partial charge in [-0.1, -0.05) is 6.92 Å². The molecule has 104 valence electrons. The number of hydrogen-bond donors (Lipinski definition) is 1. The first-order valence-corrected chi connectivity index (χ1v) is 6.71. The summed E-state index contributed by atoms with van der Waals surface area (Å²) in [5, 5.41) is 0. The van der Waals surface area contributed by atoms with E-state index < -0.39 is 0 Å². The highest BCUT2D eigenvalue weighted by molar-refractivity contribution is 4.69. The Bertz CT molecular complexity index is 165. The zero-order chi connectivity index (χ0) is 13.1. The van der Waals surface area contributed by atoms with Crippen molar-refractivity contribution in [2.45, 2.75) is 32.2 Å². The number of likely N-dealkylation sites (N-methyl/N-ethyl adjacent to an activating group) is 1. The SMILES string of the molecule is CCCN(CCN(C)C)CC(N)CCCOC. The third kappa shape index (κ3) is 10.7. The molecule has 0 amide bonds. The average molecular weight is 245 g/mol. The fourth-order valence-electron chi connectivity index (χ4n) is 1.86. The van der Waals surface area contributed by atoms with Crippen LogP contribution in [0.4, 0.5) is 0 Å². The Morgan fingerprint density at radius 1 is 1.18 bits per heavy atom. The maximum absolute atomic E-state index is 6.14. The molecule has 0 aromatic heterocycles. The molecule has 0 aliphatic heterocycles. The van der Waals surface area contributed by atoms with Crippen molar-refractivity contribution in [2.75, 3.05) is 54.0 Å². The second-order valence-electron chi connectivity index (χ2n) is 5.00. The minimum atomic E-state index is 0.277. The van der Waals surface area contributed by atoms with E-state index in [1.807, 2.05) is 0 Å². The van der Waals surface area contributed by atoms with Crippen molar-refractivity contribution in [3.05, 3.63) is 0 Å². The first-order valence-electron chi connectivity index (χ1n) is 6.71. The van der Waals surface area contributed by atoms with Gasteiger partial charge < -0.3 is 20.3 Å². The molecule has 0 fully saturated rings. The molecule has 0 saturated heterocycles. The summed E-state index contributed by atoms with van der Waals surface area (Å²) < 4.78 is 5.05. The zero-order valence-corrected chi connectivity index (χ0v) is 12.1. The molecule has 0 radical (unpaired) electrons. The molecule has 0 heterocycles. The van der Waals surface area contributed by atoms with Gasteiger partial charge in [0, 0.05) is 39.4 Å². The molecule has 1 unspecified atom stereocenters. The Labute approximate surface area is 107 Å². The second kappa shape index (κ2) is 11.0. The van der Waals surface area contributed by atoms with Crippen LogP contribution >= 0.6 is 0 Å². The Hall–Kier alpha value is -0.160. The van der Waals surface area contributed by atoms with Crippen LogP contribution in [-0.2, 0) is 4.74 Å². The summed E-state index contributed by atoms with van der Waals surface area (Å²) in [6.07, 6.45) is 3.31. The van der Waals surface area contributed by atoms with Crippen molar-refractivity contribution in [3.8, 4) is 0 Å². The molecule has 4 heteroatoms. The molecule has 17 heavy (non-hydrogen) atoms. The van der Waals surface area contributed by atoms with E-state index in [-0.39, 0.29) is 6.04 Å². The van der Waals surface area contributed by atoms with E-state index in [9.17, 15) is 0 Å². The van der Waals surface area contributed by atoms with Crippen molar-refractivity contribution in [2.24, 2.45) is 5.73 Å². The molecule has 0 aliphatic carbocycles. The van der Waals surface area contributed by atoms with Crippen LogP contribution in [0.3, 0.4) is 0 Å². The summed E-state index contributed by atoms with van der Waals surface area (Å²) in [5.74, 6) is 0. The van der Waals surface area contributed by atoms with Crippen molar-refractivity contribution in [3.63, 3.8) is 0 Å². The Balaban J connectivity index is 3.79. The molecule has 1 atom stereocenters. The molecule has 0 saturated carbocycles. The van der Waals surface area contributed by atoms with Crippen LogP contribution < -0.4 is 5.73 Å². The number of hydrogen-bond acceptors (Lipinski definition) is 4. The standard InChI is InChI=1S/C13H31N3O/c1-5-8-16(10-9-15(2)3)12-13(14)7-6-11-17-4/h13H,5-12,14H2,1-4H3. The van der Waals surface area contributed by atoms with E-state index >= 15 is 0 Å². The Morgan fingerprint density at radius 2 is 1.88 bits per heavy atom. The minimum absolute atomic E-state index is 0.277.